The van der Waals surface area contributed by atoms with Gasteiger partial charge in [0, 0.05) is 23.5 Å². The summed E-state index contributed by atoms with van der Waals surface area (Å²) in [6.07, 6.45) is 1.000. The Bertz CT molecular complexity index is 313. The van der Waals surface area contributed by atoms with Gasteiger partial charge in [-0.3, -0.25) is 0 Å². The molecule has 0 aliphatic carbocycles. The standard InChI is InChI=1S/C13H19Cl2N/c1-10(2)13(6-7-14)16-9-11-4-3-5-12(15)8-11/h3-5,8,10,13,16H,6-7,9H2,1-2H3. The van der Waals surface area contributed by atoms with Crippen molar-refractivity contribution in [2.75, 3.05) is 5.88 Å². The molecule has 1 aromatic carbocycles. The van der Waals surface area contributed by atoms with Gasteiger partial charge in [0.25, 0.3) is 0 Å². The van der Waals surface area contributed by atoms with Crippen molar-refractivity contribution in [3.05, 3.63) is 34.9 Å². The van der Waals surface area contributed by atoms with E-state index in [9.17, 15) is 0 Å². The molecule has 1 unspecified atom stereocenters. The predicted octanol–water partition coefficient (Wildman–Crippen LogP) is 4.08. The average Bonchev–Trinajstić information content (AvgIpc) is 2.24. The van der Waals surface area contributed by atoms with E-state index in [1.807, 2.05) is 18.2 Å². The first-order chi connectivity index (χ1) is 7.63. The second-order valence-corrected chi connectivity index (χ2v) is 5.15. The highest BCUT2D eigenvalue weighted by atomic mass is 35.5. The fraction of sp³-hybridized carbons (Fsp3) is 0.538. The number of rotatable bonds is 6. The summed E-state index contributed by atoms with van der Waals surface area (Å²) in [5.74, 6) is 1.30. The van der Waals surface area contributed by atoms with E-state index in [1.54, 1.807) is 0 Å². The maximum absolute atomic E-state index is 5.93. The Labute approximate surface area is 108 Å². The molecule has 0 radical (unpaired) electrons. The van der Waals surface area contributed by atoms with Gasteiger partial charge in [-0.2, -0.15) is 0 Å². The Morgan fingerprint density at radius 2 is 2.06 bits per heavy atom. The molecule has 1 rings (SSSR count). The van der Waals surface area contributed by atoms with Gasteiger partial charge in [0.1, 0.15) is 0 Å². The third-order valence-corrected chi connectivity index (χ3v) is 3.14. The lowest BCUT2D eigenvalue weighted by Gasteiger charge is -2.21. The smallest absolute Gasteiger partial charge is 0.0409 e. The van der Waals surface area contributed by atoms with E-state index in [-0.39, 0.29) is 0 Å². The van der Waals surface area contributed by atoms with Crippen molar-refractivity contribution in [3.63, 3.8) is 0 Å². The number of hydrogen-bond donors (Lipinski definition) is 1. The largest absolute Gasteiger partial charge is 0.310 e. The van der Waals surface area contributed by atoms with Gasteiger partial charge in [0.2, 0.25) is 0 Å². The average molecular weight is 260 g/mol. The van der Waals surface area contributed by atoms with Crippen LogP contribution < -0.4 is 5.32 Å². The molecule has 1 N–H and O–H groups in total. The van der Waals surface area contributed by atoms with Crippen LogP contribution in [0, 0.1) is 5.92 Å². The Balaban J connectivity index is 2.48. The number of nitrogens with one attached hydrogen (secondary N) is 1. The summed E-state index contributed by atoms with van der Waals surface area (Å²) in [7, 11) is 0. The zero-order chi connectivity index (χ0) is 12.0. The fourth-order valence-corrected chi connectivity index (χ4v) is 2.13. The topological polar surface area (TPSA) is 12.0 Å². The third-order valence-electron chi connectivity index (χ3n) is 2.68. The highest BCUT2D eigenvalue weighted by molar-refractivity contribution is 6.30. The van der Waals surface area contributed by atoms with Crippen LogP contribution in [0.1, 0.15) is 25.8 Å². The molecular formula is C13H19Cl2N. The molecule has 0 aromatic heterocycles. The van der Waals surface area contributed by atoms with Gasteiger partial charge in [-0.25, -0.2) is 0 Å². The minimum atomic E-state index is 0.469. The van der Waals surface area contributed by atoms with Crippen LogP contribution in [0.25, 0.3) is 0 Å². The summed E-state index contributed by atoms with van der Waals surface area (Å²) in [6.45, 7) is 5.27. The molecule has 0 saturated carbocycles. The predicted molar refractivity (Wildman–Crippen MR) is 72.3 cm³/mol. The van der Waals surface area contributed by atoms with Crippen molar-refractivity contribution in [2.24, 2.45) is 5.92 Å². The molecular weight excluding hydrogens is 241 g/mol. The Hall–Kier alpha value is -0.240. The van der Waals surface area contributed by atoms with Gasteiger partial charge in [-0.15, -0.1) is 11.6 Å². The van der Waals surface area contributed by atoms with Crippen LogP contribution in [-0.4, -0.2) is 11.9 Å². The molecule has 0 fully saturated rings. The summed E-state index contributed by atoms with van der Waals surface area (Å²) in [4.78, 5) is 0. The van der Waals surface area contributed by atoms with Gasteiger partial charge in [0.15, 0.2) is 0 Å². The van der Waals surface area contributed by atoms with Crippen LogP contribution >= 0.6 is 23.2 Å². The molecule has 1 aromatic rings. The molecule has 16 heavy (non-hydrogen) atoms. The first kappa shape index (κ1) is 13.8. The number of hydrogen-bond acceptors (Lipinski definition) is 1. The summed E-state index contributed by atoms with van der Waals surface area (Å²) in [5.41, 5.74) is 1.22. The Morgan fingerprint density at radius 1 is 1.31 bits per heavy atom. The van der Waals surface area contributed by atoms with E-state index in [2.05, 4.69) is 25.2 Å². The van der Waals surface area contributed by atoms with Crippen molar-refractivity contribution in [2.45, 2.75) is 32.9 Å². The first-order valence-corrected chi connectivity index (χ1v) is 6.58. The molecule has 1 atom stereocenters. The third kappa shape index (κ3) is 4.73. The Morgan fingerprint density at radius 3 is 2.62 bits per heavy atom. The summed E-state index contributed by atoms with van der Waals surface area (Å²) in [6, 6.07) is 8.41. The van der Waals surface area contributed by atoms with Gasteiger partial charge in [-0.1, -0.05) is 37.6 Å². The quantitative estimate of drug-likeness (QED) is 0.760. The van der Waals surface area contributed by atoms with E-state index in [1.165, 1.54) is 5.56 Å². The van der Waals surface area contributed by atoms with Crippen LogP contribution in [0.2, 0.25) is 5.02 Å². The zero-order valence-electron chi connectivity index (χ0n) is 9.84. The van der Waals surface area contributed by atoms with Crippen molar-refractivity contribution >= 4 is 23.2 Å². The zero-order valence-corrected chi connectivity index (χ0v) is 11.4. The lowest BCUT2D eigenvalue weighted by Crippen LogP contribution is -2.33. The molecule has 90 valence electrons. The van der Waals surface area contributed by atoms with E-state index >= 15 is 0 Å². The SMILES string of the molecule is CC(C)C(CCCl)NCc1cccc(Cl)c1. The molecule has 0 heterocycles. The lowest BCUT2D eigenvalue weighted by molar-refractivity contribution is 0.389. The van der Waals surface area contributed by atoms with Crippen LogP contribution in [0.5, 0.6) is 0 Å². The van der Waals surface area contributed by atoms with Crippen LogP contribution in [0.15, 0.2) is 24.3 Å². The molecule has 1 nitrogen and oxygen atoms in total. The minimum absolute atomic E-state index is 0.469. The molecule has 0 bridgehead atoms. The molecule has 0 aliphatic rings. The maximum Gasteiger partial charge on any atom is 0.0409 e. The van der Waals surface area contributed by atoms with Crippen molar-refractivity contribution in [1.29, 1.82) is 0 Å². The highest BCUT2D eigenvalue weighted by Gasteiger charge is 2.11. The fourth-order valence-electron chi connectivity index (χ4n) is 1.68. The van der Waals surface area contributed by atoms with E-state index in [0.717, 1.165) is 18.0 Å². The van der Waals surface area contributed by atoms with Crippen molar-refractivity contribution in [1.82, 2.24) is 5.32 Å². The molecule has 0 saturated heterocycles. The number of alkyl halides is 1. The van der Waals surface area contributed by atoms with E-state index in [4.69, 9.17) is 23.2 Å². The van der Waals surface area contributed by atoms with Gasteiger partial charge < -0.3 is 5.32 Å². The van der Waals surface area contributed by atoms with Crippen molar-refractivity contribution < 1.29 is 0 Å². The number of halogens is 2. The maximum atomic E-state index is 5.93. The van der Waals surface area contributed by atoms with E-state index < -0.39 is 0 Å². The summed E-state index contributed by atoms with van der Waals surface area (Å²) in [5, 5.41) is 4.31. The second kappa shape index (κ2) is 7.16. The normalized spacial score (nSPS) is 13.1. The first-order valence-electron chi connectivity index (χ1n) is 5.67. The van der Waals surface area contributed by atoms with Gasteiger partial charge in [-0.05, 0) is 30.0 Å². The second-order valence-electron chi connectivity index (χ2n) is 4.34. The minimum Gasteiger partial charge on any atom is -0.310 e. The lowest BCUT2D eigenvalue weighted by atomic mass is 10.0. The Kier molecular flexibility index (Phi) is 6.18. The molecule has 0 spiro atoms. The van der Waals surface area contributed by atoms with Crippen LogP contribution in [-0.2, 0) is 6.54 Å². The molecule has 0 amide bonds. The van der Waals surface area contributed by atoms with Gasteiger partial charge >= 0.3 is 0 Å². The van der Waals surface area contributed by atoms with Crippen LogP contribution in [0.4, 0.5) is 0 Å². The number of benzene rings is 1. The molecule has 3 heteroatoms. The summed E-state index contributed by atoms with van der Waals surface area (Å²) < 4.78 is 0. The highest BCUT2D eigenvalue weighted by Crippen LogP contribution is 2.12. The van der Waals surface area contributed by atoms with Crippen molar-refractivity contribution in [3.8, 4) is 0 Å². The van der Waals surface area contributed by atoms with E-state index in [0.29, 0.717) is 17.8 Å². The molecule has 0 aliphatic heterocycles. The summed E-state index contributed by atoms with van der Waals surface area (Å²) >= 11 is 11.7. The van der Waals surface area contributed by atoms with Gasteiger partial charge in [0.05, 0.1) is 0 Å². The van der Waals surface area contributed by atoms with Crippen LogP contribution in [0.3, 0.4) is 0 Å². The monoisotopic (exact) mass is 259 g/mol.